The van der Waals surface area contributed by atoms with E-state index in [2.05, 4.69) is 39.5 Å². The van der Waals surface area contributed by atoms with E-state index >= 15 is 0 Å². The van der Waals surface area contributed by atoms with Crippen LogP contribution in [0.4, 0.5) is 0 Å². The largest absolute Gasteiger partial charge is 2.00 e. The maximum absolute atomic E-state index is 3.25. The van der Waals surface area contributed by atoms with E-state index in [-0.39, 0.29) is 21.1 Å². The monoisotopic (exact) mass is 361 g/mol. The van der Waals surface area contributed by atoms with Crippen molar-refractivity contribution in [2.45, 2.75) is 39.5 Å². The van der Waals surface area contributed by atoms with Gasteiger partial charge >= 0.3 is 21.1 Å². The van der Waals surface area contributed by atoms with Crippen molar-refractivity contribution in [1.29, 1.82) is 0 Å². The molecule has 1 saturated carbocycles. The minimum Gasteiger partial charge on any atom is -0.346 e. The molecule has 13 heavy (non-hydrogen) atoms. The van der Waals surface area contributed by atoms with Crippen LogP contribution in [-0.2, 0) is 21.1 Å². The van der Waals surface area contributed by atoms with Crippen LogP contribution >= 0.6 is 0 Å². The fourth-order valence-electron chi connectivity index (χ4n) is 0.856. The zero-order valence-electron chi connectivity index (χ0n) is 8.87. The third-order valence-corrected chi connectivity index (χ3v) is 1.33. The molecule has 1 rings (SSSR count). The van der Waals surface area contributed by atoms with Gasteiger partial charge in [0.25, 0.3) is 0 Å². The number of hydrogen-bond donors (Lipinski definition) is 0. The molecule has 0 unspecified atom stereocenters. The SMILES string of the molecule is [CH2-]C.[CH2-]C.[CH]1[CH]CC[CH][CH]CC1.[Pt+2]. The molecular weight excluding hydrogens is 339 g/mol. The predicted octanol–water partition coefficient (Wildman–Crippen LogP) is 4.06. The molecule has 0 bridgehead atoms. The molecule has 0 aromatic heterocycles. The Morgan fingerprint density at radius 3 is 0.923 bits per heavy atom. The average Bonchev–Trinajstić information content (AvgIpc) is 2.10. The summed E-state index contributed by atoms with van der Waals surface area (Å²) in [7, 11) is 0. The molecule has 0 atom stereocenters. The van der Waals surface area contributed by atoms with Crippen LogP contribution in [0.1, 0.15) is 39.5 Å². The fraction of sp³-hybridized carbons (Fsp3) is 0.500. The Morgan fingerprint density at radius 1 is 0.615 bits per heavy atom. The summed E-state index contributed by atoms with van der Waals surface area (Å²) < 4.78 is 0. The third kappa shape index (κ3) is 19.2. The maximum Gasteiger partial charge on any atom is 2.00 e. The van der Waals surface area contributed by atoms with Crippen molar-refractivity contribution in [3.8, 4) is 0 Å². The van der Waals surface area contributed by atoms with E-state index < -0.39 is 0 Å². The molecule has 0 N–H and O–H groups in total. The molecule has 1 aliphatic rings. The van der Waals surface area contributed by atoms with E-state index in [1.807, 2.05) is 0 Å². The molecule has 0 aromatic carbocycles. The molecule has 80 valence electrons. The maximum atomic E-state index is 3.25. The van der Waals surface area contributed by atoms with Gasteiger partial charge in [-0.2, -0.15) is 13.8 Å². The van der Waals surface area contributed by atoms with Gasteiger partial charge in [-0.3, -0.25) is 0 Å². The standard InChI is InChI=1S/C8H12.2C2H5.Pt/c1-2-4-6-8-7-5-3-1;2*1-2;/h1-2,7-8H,3-6H2;2*1H2,2H3;/q;2*-1;+2. The molecule has 0 aliphatic heterocycles. The summed E-state index contributed by atoms with van der Waals surface area (Å²) >= 11 is 0. The Morgan fingerprint density at radius 2 is 0.769 bits per heavy atom. The molecular formula is C12H22Pt. The molecule has 0 saturated heterocycles. The predicted molar refractivity (Wildman–Crippen MR) is 57.7 cm³/mol. The summed E-state index contributed by atoms with van der Waals surface area (Å²) in [5, 5.41) is 0. The summed E-state index contributed by atoms with van der Waals surface area (Å²) in [6, 6.07) is 0. The molecule has 0 spiro atoms. The van der Waals surface area contributed by atoms with E-state index in [1.54, 1.807) is 13.8 Å². The molecule has 0 nitrogen and oxygen atoms in total. The van der Waals surface area contributed by atoms with Crippen LogP contribution in [-0.4, -0.2) is 0 Å². The van der Waals surface area contributed by atoms with Crippen molar-refractivity contribution in [1.82, 2.24) is 0 Å². The van der Waals surface area contributed by atoms with Gasteiger partial charge in [0, 0.05) is 0 Å². The van der Waals surface area contributed by atoms with E-state index in [0.717, 1.165) is 0 Å². The van der Waals surface area contributed by atoms with Crippen molar-refractivity contribution >= 4 is 0 Å². The van der Waals surface area contributed by atoms with Crippen LogP contribution in [0, 0.1) is 39.5 Å². The van der Waals surface area contributed by atoms with Gasteiger partial charge in [0.15, 0.2) is 0 Å². The van der Waals surface area contributed by atoms with Gasteiger partial charge in [-0.1, -0.05) is 0 Å². The minimum absolute atomic E-state index is 0. The van der Waals surface area contributed by atoms with Gasteiger partial charge in [-0.25, -0.2) is 0 Å². The molecule has 4 radical (unpaired) electrons. The van der Waals surface area contributed by atoms with E-state index in [9.17, 15) is 0 Å². The van der Waals surface area contributed by atoms with Gasteiger partial charge in [0.2, 0.25) is 0 Å². The van der Waals surface area contributed by atoms with Crippen molar-refractivity contribution in [3.05, 3.63) is 39.5 Å². The zero-order chi connectivity index (χ0) is 9.66. The quantitative estimate of drug-likeness (QED) is 0.571. The first kappa shape index (κ1) is 19.3. The first-order valence-corrected chi connectivity index (χ1v) is 4.71. The Kier molecular flexibility index (Phi) is 34.1. The van der Waals surface area contributed by atoms with Gasteiger partial charge in [0.1, 0.15) is 0 Å². The zero-order valence-corrected chi connectivity index (χ0v) is 11.1. The second-order valence-corrected chi connectivity index (χ2v) is 2.10. The first-order chi connectivity index (χ1) is 6.00. The van der Waals surface area contributed by atoms with Crippen LogP contribution < -0.4 is 0 Å². The summed E-state index contributed by atoms with van der Waals surface area (Å²) in [6.45, 7) is 10.0. The van der Waals surface area contributed by atoms with Crippen molar-refractivity contribution < 1.29 is 21.1 Å². The van der Waals surface area contributed by atoms with Gasteiger partial charge < -0.3 is 13.8 Å². The molecule has 1 heteroatoms. The molecule has 1 fully saturated rings. The summed E-state index contributed by atoms with van der Waals surface area (Å²) in [5.74, 6) is 0. The third-order valence-electron chi connectivity index (χ3n) is 1.33. The number of rotatable bonds is 0. The summed E-state index contributed by atoms with van der Waals surface area (Å²) in [5.41, 5.74) is 0. The Balaban J connectivity index is -0.000000178. The second-order valence-electron chi connectivity index (χ2n) is 2.10. The van der Waals surface area contributed by atoms with Crippen molar-refractivity contribution in [3.63, 3.8) is 0 Å². The Bertz CT molecular complexity index is 29.1. The molecule has 0 heterocycles. The normalized spacial score (nSPS) is 15.7. The number of hydrogen-bond acceptors (Lipinski definition) is 0. The average molecular weight is 361 g/mol. The second kappa shape index (κ2) is 23.0. The molecule has 0 amide bonds. The van der Waals surface area contributed by atoms with E-state index in [0.29, 0.717) is 0 Å². The van der Waals surface area contributed by atoms with Crippen molar-refractivity contribution in [2.24, 2.45) is 0 Å². The van der Waals surface area contributed by atoms with Gasteiger partial charge in [-0.15, -0.1) is 0 Å². The van der Waals surface area contributed by atoms with E-state index in [4.69, 9.17) is 0 Å². The minimum atomic E-state index is 0. The first-order valence-electron chi connectivity index (χ1n) is 4.71. The van der Waals surface area contributed by atoms with Crippen LogP contribution in [0.15, 0.2) is 0 Å². The van der Waals surface area contributed by atoms with Gasteiger partial charge in [-0.05, 0) is 51.4 Å². The van der Waals surface area contributed by atoms with E-state index in [1.165, 1.54) is 25.7 Å². The smallest absolute Gasteiger partial charge is 0.346 e. The topological polar surface area (TPSA) is 0 Å². The van der Waals surface area contributed by atoms with Crippen LogP contribution in [0.2, 0.25) is 0 Å². The molecule has 1 aliphatic carbocycles. The molecule has 0 aromatic rings. The Labute approximate surface area is 100 Å². The van der Waals surface area contributed by atoms with Gasteiger partial charge in [0.05, 0.1) is 0 Å². The van der Waals surface area contributed by atoms with Crippen LogP contribution in [0.3, 0.4) is 0 Å². The van der Waals surface area contributed by atoms with Crippen LogP contribution in [0.5, 0.6) is 0 Å². The Hall–Kier alpha value is 0.688. The van der Waals surface area contributed by atoms with Crippen molar-refractivity contribution in [2.75, 3.05) is 0 Å². The van der Waals surface area contributed by atoms with Crippen LogP contribution in [0.25, 0.3) is 0 Å². The summed E-state index contributed by atoms with van der Waals surface area (Å²) in [6.07, 6.45) is 14.0. The summed E-state index contributed by atoms with van der Waals surface area (Å²) in [4.78, 5) is 0. The fourth-order valence-corrected chi connectivity index (χ4v) is 0.856.